The molecule has 2 aliphatic rings. The van der Waals surface area contributed by atoms with Crippen molar-refractivity contribution in [1.29, 1.82) is 0 Å². The normalized spacial score (nSPS) is 17.5. The van der Waals surface area contributed by atoms with Gasteiger partial charge in [-0.25, -0.2) is 4.98 Å². The predicted octanol–water partition coefficient (Wildman–Crippen LogP) is 8.32. The van der Waals surface area contributed by atoms with Crippen molar-refractivity contribution in [2.75, 3.05) is 0 Å². The molecule has 0 bridgehead atoms. The van der Waals surface area contributed by atoms with Gasteiger partial charge in [0.1, 0.15) is 5.82 Å². The Morgan fingerprint density at radius 3 is 2.19 bits per heavy atom. The van der Waals surface area contributed by atoms with Crippen molar-refractivity contribution < 1.29 is 0 Å². The Bertz CT molecular complexity index is 1080. The fourth-order valence-electron chi connectivity index (χ4n) is 5.28. The van der Waals surface area contributed by atoms with Crippen LogP contribution in [-0.4, -0.2) is 15.6 Å². The van der Waals surface area contributed by atoms with E-state index in [9.17, 15) is 0 Å². The molecule has 0 radical (unpaired) electrons. The molecule has 0 amide bonds. The summed E-state index contributed by atoms with van der Waals surface area (Å²) in [6.07, 6.45) is 10.0. The molecule has 168 valence electrons. The Labute approximate surface area is 205 Å². The minimum atomic E-state index is 0.452. The van der Waals surface area contributed by atoms with Gasteiger partial charge in [-0.15, -0.1) is 0 Å². The van der Waals surface area contributed by atoms with Gasteiger partial charge in [0.25, 0.3) is 0 Å². The minimum Gasteiger partial charge on any atom is -0.323 e. The van der Waals surface area contributed by atoms with Crippen LogP contribution in [-0.2, 0) is 6.54 Å². The average molecular weight is 489 g/mol. The summed E-state index contributed by atoms with van der Waals surface area (Å²) in [6.45, 7) is 0.771. The number of nitrogens with zero attached hydrogens (tertiary/aromatic N) is 2. The summed E-state index contributed by atoms with van der Waals surface area (Å²) in [7, 11) is 0. The van der Waals surface area contributed by atoms with Crippen LogP contribution in [0.5, 0.6) is 0 Å². The van der Waals surface area contributed by atoms with Crippen molar-refractivity contribution in [3.63, 3.8) is 0 Å². The summed E-state index contributed by atoms with van der Waals surface area (Å²) < 4.78 is 2.48. The van der Waals surface area contributed by atoms with Crippen LogP contribution in [0, 0.1) is 0 Å². The van der Waals surface area contributed by atoms with E-state index < -0.39 is 0 Å². The van der Waals surface area contributed by atoms with Gasteiger partial charge in [-0.05, 0) is 56.0 Å². The van der Waals surface area contributed by atoms with Gasteiger partial charge in [0.15, 0.2) is 0 Å². The molecule has 5 rings (SSSR count). The second-order valence-electron chi connectivity index (χ2n) is 9.03. The first kappa shape index (κ1) is 22.3. The third-order valence-corrected chi connectivity index (χ3v) is 7.68. The molecule has 1 heterocycles. The number of hydrogen-bond acceptors (Lipinski definition) is 2. The second-order valence-corrected chi connectivity index (χ2v) is 10.3. The first-order valence-corrected chi connectivity index (χ1v) is 12.8. The van der Waals surface area contributed by atoms with E-state index in [-0.39, 0.29) is 0 Å². The fraction of sp³-hybridized carbons (Fsp3) is 0.423. The monoisotopic (exact) mass is 487 g/mol. The maximum Gasteiger partial charge on any atom is 0.124 e. The Hall–Kier alpha value is -1.52. The summed E-state index contributed by atoms with van der Waals surface area (Å²) in [4.78, 5) is 5.22. The van der Waals surface area contributed by atoms with Gasteiger partial charge in [-0.3, -0.25) is 0 Å². The zero-order valence-corrected chi connectivity index (χ0v) is 20.4. The van der Waals surface area contributed by atoms with Gasteiger partial charge < -0.3 is 9.88 Å². The van der Waals surface area contributed by atoms with E-state index in [0.717, 1.165) is 39.9 Å². The average Bonchev–Trinajstić information content (AvgIpc) is 3.54. The summed E-state index contributed by atoms with van der Waals surface area (Å²) in [5, 5.41) is 5.76. The molecule has 3 aromatic rings. The van der Waals surface area contributed by atoms with Crippen molar-refractivity contribution in [2.45, 2.75) is 70.0 Å². The lowest BCUT2D eigenvalue weighted by Gasteiger charge is -2.21. The summed E-state index contributed by atoms with van der Waals surface area (Å²) in [5.74, 6) is 1.09. The molecule has 2 saturated carbocycles. The highest BCUT2D eigenvalue weighted by Crippen LogP contribution is 2.42. The van der Waals surface area contributed by atoms with E-state index in [4.69, 9.17) is 39.8 Å². The molecular weight excluding hydrogens is 461 g/mol. The van der Waals surface area contributed by atoms with Gasteiger partial charge in [-0.2, -0.15) is 0 Å². The number of rotatable bonds is 6. The third kappa shape index (κ3) is 4.59. The Morgan fingerprint density at radius 1 is 0.844 bits per heavy atom. The third-order valence-electron chi connectivity index (χ3n) is 6.88. The van der Waals surface area contributed by atoms with E-state index in [1.807, 2.05) is 24.3 Å². The number of hydrogen-bond donors (Lipinski definition) is 1. The lowest BCUT2D eigenvalue weighted by atomic mass is 10.0. The fourth-order valence-corrected chi connectivity index (χ4v) is 5.90. The highest BCUT2D eigenvalue weighted by molar-refractivity contribution is 6.36. The van der Waals surface area contributed by atoms with E-state index in [0.29, 0.717) is 22.1 Å². The van der Waals surface area contributed by atoms with Gasteiger partial charge in [0.05, 0.1) is 23.0 Å². The van der Waals surface area contributed by atoms with E-state index in [1.165, 1.54) is 51.4 Å². The van der Waals surface area contributed by atoms with Crippen molar-refractivity contribution in [3.8, 4) is 22.5 Å². The Morgan fingerprint density at radius 2 is 1.50 bits per heavy atom. The van der Waals surface area contributed by atoms with Crippen LogP contribution in [0.3, 0.4) is 0 Å². The molecule has 0 spiro atoms. The SMILES string of the molecule is Clc1ccc(-c2c(-c3ccc(Cl)cc3Cl)nc(CNC3CCCC3)n2C2CCCC2)cc1. The predicted molar refractivity (Wildman–Crippen MR) is 135 cm³/mol. The summed E-state index contributed by atoms with van der Waals surface area (Å²) in [6, 6.07) is 14.8. The highest BCUT2D eigenvalue weighted by atomic mass is 35.5. The molecule has 3 nitrogen and oxygen atoms in total. The number of aromatic nitrogens is 2. The minimum absolute atomic E-state index is 0.452. The van der Waals surface area contributed by atoms with E-state index in [1.54, 1.807) is 6.07 Å². The van der Waals surface area contributed by atoms with Crippen LogP contribution in [0.15, 0.2) is 42.5 Å². The van der Waals surface area contributed by atoms with Gasteiger partial charge in [-0.1, -0.05) is 72.6 Å². The quantitative estimate of drug-likeness (QED) is 0.378. The molecule has 32 heavy (non-hydrogen) atoms. The van der Waals surface area contributed by atoms with Crippen LogP contribution in [0.4, 0.5) is 0 Å². The van der Waals surface area contributed by atoms with Crippen LogP contribution in [0.1, 0.15) is 63.2 Å². The molecule has 0 unspecified atom stereocenters. The molecular formula is C26H28Cl3N3. The first-order valence-electron chi connectivity index (χ1n) is 11.7. The Balaban J connectivity index is 1.66. The van der Waals surface area contributed by atoms with Gasteiger partial charge in [0, 0.05) is 33.3 Å². The number of nitrogens with one attached hydrogen (secondary N) is 1. The number of halogens is 3. The molecule has 1 N–H and O–H groups in total. The number of imidazole rings is 1. The maximum atomic E-state index is 6.68. The molecule has 2 fully saturated rings. The molecule has 0 aliphatic heterocycles. The molecule has 1 aromatic heterocycles. The van der Waals surface area contributed by atoms with Crippen molar-refractivity contribution >= 4 is 34.8 Å². The van der Waals surface area contributed by atoms with Crippen molar-refractivity contribution in [1.82, 2.24) is 14.9 Å². The lowest BCUT2D eigenvalue weighted by Crippen LogP contribution is -2.27. The molecule has 2 aliphatic carbocycles. The zero-order valence-electron chi connectivity index (χ0n) is 18.1. The van der Waals surface area contributed by atoms with Crippen molar-refractivity contribution in [2.24, 2.45) is 0 Å². The van der Waals surface area contributed by atoms with Crippen LogP contribution in [0.2, 0.25) is 15.1 Å². The second kappa shape index (κ2) is 9.77. The summed E-state index contributed by atoms with van der Waals surface area (Å²) >= 11 is 19.1. The number of benzene rings is 2. The molecule has 2 aromatic carbocycles. The molecule has 0 saturated heterocycles. The summed E-state index contributed by atoms with van der Waals surface area (Å²) in [5.41, 5.74) is 4.08. The zero-order chi connectivity index (χ0) is 22.1. The first-order chi connectivity index (χ1) is 15.6. The molecule has 6 heteroatoms. The van der Waals surface area contributed by atoms with E-state index in [2.05, 4.69) is 22.0 Å². The van der Waals surface area contributed by atoms with Gasteiger partial charge >= 0.3 is 0 Å². The highest BCUT2D eigenvalue weighted by Gasteiger charge is 2.28. The molecule has 0 atom stereocenters. The van der Waals surface area contributed by atoms with Gasteiger partial charge in [0.2, 0.25) is 0 Å². The Kier molecular flexibility index (Phi) is 6.80. The van der Waals surface area contributed by atoms with Crippen molar-refractivity contribution in [3.05, 3.63) is 63.4 Å². The van der Waals surface area contributed by atoms with Crippen LogP contribution >= 0.6 is 34.8 Å². The smallest absolute Gasteiger partial charge is 0.124 e. The van der Waals surface area contributed by atoms with E-state index >= 15 is 0 Å². The lowest BCUT2D eigenvalue weighted by molar-refractivity contribution is 0.462. The maximum absolute atomic E-state index is 6.68. The van der Waals surface area contributed by atoms with Crippen LogP contribution < -0.4 is 5.32 Å². The standard InChI is InChI=1S/C26H28Cl3N3/c27-18-11-9-17(10-12-18)26-25(22-14-13-19(28)15-23(22)29)31-24(16-30-20-5-1-2-6-20)32(26)21-7-3-4-8-21/h9-15,20-21,30H,1-8,16H2. The van der Waals surface area contributed by atoms with Crippen LogP contribution in [0.25, 0.3) is 22.5 Å². The topological polar surface area (TPSA) is 29.9 Å². The largest absolute Gasteiger partial charge is 0.323 e.